The first-order valence-electron chi connectivity index (χ1n) is 6.10. The maximum absolute atomic E-state index is 11.3. The van der Waals surface area contributed by atoms with Crippen LogP contribution >= 0.6 is 10.7 Å². The van der Waals surface area contributed by atoms with Crippen molar-refractivity contribution in [1.82, 2.24) is 0 Å². The smallest absolute Gasteiger partial charge is 0.261 e. The fraction of sp³-hybridized carbons (Fsp3) is 0.200. The molecule has 2 aromatic carbocycles. The van der Waals surface area contributed by atoms with Gasteiger partial charge in [-0.2, -0.15) is 0 Å². The average Bonchev–Trinajstić information content (AvgIpc) is 2.35. The van der Waals surface area contributed by atoms with E-state index in [-0.39, 0.29) is 4.90 Å². The van der Waals surface area contributed by atoms with Crippen LogP contribution < -0.4 is 4.74 Å². The molecule has 0 aliphatic heterocycles. The average molecular weight is 311 g/mol. The molecule has 0 radical (unpaired) electrons. The number of ether oxygens (including phenoxy) is 1. The van der Waals surface area contributed by atoms with E-state index in [1.807, 2.05) is 31.2 Å². The van der Waals surface area contributed by atoms with Crippen LogP contribution in [0.5, 0.6) is 5.75 Å². The van der Waals surface area contributed by atoms with E-state index < -0.39 is 9.05 Å². The van der Waals surface area contributed by atoms with E-state index >= 15 is 0 Å². The molecule has 0 aliphatic rings. The molecule has 5 heteroatoms. The molecule has 0 N–H and O–H groups in total. The minimum atomic E-state index is -3.71. The van der Waals surface area contributed by atoms with Crippen LogP contribution in [-0.2, 0) is 15.7 Å². The van der Waals surface area contributed by atoms with Gasteiger partial charge in [0.2, 0.25) is 0 Å². The quantitative estimate of drug-likeness (QED) is 0.807. The van der Waals surface area contributed by atoms with E-state index in [1.165, 1.54) is 11.6 Å². The molecule has 0 aromatic heterocycles. The molecule has 2 aromatic rings. The summed E-state index contributed by atoms with van der Waals surface area (Å²) in [4.78, 5) is 0.113. The fourth-order valence-electron chi connectivity index (χ4n) is 1.95. The van der Waals surface area contributed by atoms with Crippen LogP contribution in [0.3, 0.4) is 0 Å². The van der Waals surface area contributed by atoms with Crippen LogP contribution in [0.2, 0.25) is 0 Å². The Kier molecular flexibility index (Phi) is 4.35. The van der Waals surface area contributed by atoms with E-state index in [1.54, 1.807) is 19.1 Å². The predicted octanol–water partition coefficient (Wildman–Crippen LogP) is 3.81. The largest absolute Gasteiger partial charge is 0.489 e. The first-order chi connectivity index (χ1) is 9.36. The monoisotopic (exact) mass is 310 g/mol. The van der Waals surface area contributed by atoms with Gasteiger partial charge in [-0.25, -0.2) is 8.42 Å². The zero-order chi connectivity index (χ0) is 14.8. The molecule has 20 heavy (non-hydrogen) atoms. The van der Waals surface area contributed by atoms with Gasteiger partial charge < -0.3 is 4.74 Å². The van der Waals surface area contributed by atoms with Crippen LogP contribution in [0.4, 0.5) is 0 Å². The highest BCUT2D eigenvalue weighted by Crippen LogP contribution is 2.24. The van der Waals surface area contributed by atoms with Gasteiger partial charge in [0, 0.05) is 10.7 Å². The lowest BCUT2D eigenvalue weighted by atomic mass is 10.1. The summed E-state index contributed by atoms with van der Waals surface area (Å²) >= 11 is 0. The summed E-state index contributed by atoms with van der Waals surface area (Å²) in [5.74, 6) is 0.619. The molecule has 0 saturated carbocycles. The second kappa shape index (κ2) is 5.85. The summed E-state index contributed by atoms with van der Waals surface area (Å²) in [5.41, 5.74) is 2.81. The van der Waals surface area contributed by atoms with Gasteiger partial charge in [0.25, 0.3) is 9.05 Å². The van der Waals surface area contributed by atoms with E-state index in [9.17, 15) is 8.42 Å². The summed E-state index contributed by atoms with van der Waals surface area (Å²) in [6.07, 6.45) is 0. The molecule has 0 fully saturated rings. The molecule has 0 atom stereocenters. The van der Waals surface area contributed by atoms with Crippen molar-refractivity contribution in [2.45, 2.75) is 25.3 Å². The summed E-state index contributed by atoms with van der Waals surface area (Å²) in [6, 6.07) is 12.8. The Morgan fingerprint density at radius 2 is 1.85 bits per heavy atom. The predicted molar refractivity (Wildman–Crippen MR) is 79.7 cm³/mol. The van der Waals surface area contributed by atoms with Gasteiger partial charge in [-0.15, -0.1) is 0 Å². The number of benzene rings is 2. The van der Waals surface area contributed by atoms with Crippen molar-refractivity contribution in [3.8, 4) is 5.75 Å². The minimum Gasteiger partial charge on any atom is -0.489 e. The molecular formula is C15H15ClO3S. The fourth-order valence-corrected chi connectivity index (χ4v) is 3.15. The summed E-state index contributed by atoms with van der Waals surface area (Å²) < 4.78 is 28.3. The maximum atomic E-state index is 11.3. The Bertz CT molecular complexity index is 724. The number of aryl methyl sites for hydroxylation is 2. The molecule has 3 nitrogen and oxygen atoms in total. The first kappa shape index (κ1) is 14.9. The van der Waals surface area contributed by atoms with E-state index in [2.05, 4.69) is 0 Å². The number of hydrogen-bond acceptors (Lipinski definition) is 3. The van der Waals surface area contributed by atoms with E-state index in [4.69, 9.17) is 15.4 Å². The van der Waals surface area contributed by atoms with Crippen LogP contribution in [0.25, 0.3) is 0 Å². The molecule has 0 bridgehead atoms. The zero-order valence-electron chi connectivity index (χ0n) is 11.3. The van der Waals surface area contributed by atoms with E-state index in [0.717, 1.165) is 5.56 Å². The molecule has 0 amide bonds. The Balaban J connectivity index is 2.14. The van der Waals surface area contributed by atoms with Crippen molar-refractivity contribution < 1.29 is 13.2 Å². The lowest BCUT2D eigenvalue weighted by molar-refractivity contribution is 0.305. The third kappa shape index (κ3) is 3.74. The molecule has 0 unspecified atom stereocenters. The highest BCUT2D eigenvalue weighted by atomic mass is 35.7. The standard InChI is InChI=1S/C15H15ClO3S/c1-11-4-3-5-13(8-11)10-19-14-6-7-15(12(2)9-14)20(16,17)18/h3-9H,10H2,1-2H3. The van der Waals surface area contributed by atoms with Crippen molar-refractivity contribution in [1.29, 1.82) is 0 Å². The highest BCUT2D eigenvalue weighted by molar-refractivity contribution is 8.13. The number of rotatable bonds is 4. The second-order valence-corrected chi connectivity index (χ2v) is 7.18. The Morgan fingerprint density at radius 3 is 2.45 bits per heavy atom. The third-order valence-electron chi connectivity index (χ3n) is 2.90. The molecular weight excluding hydrogens is 296 g/mol. The van der Waals surface area contributed by atoms with E-state index in [0.29, 0.717) is 17.9 Å². The lowest BCUT2D eigenvalue weighted by Gasteiger charge is -2.09. The summed E-state index contributed by atoms with van der Waals surface area (Å²) in [7, 11) is 1.63. The van der Waals surface area contributed by atoms with Gasteiger partial charge in [0.15, 0.2) is 0 Å². The topological polar surface area (TPSA) is 43.4 Å². The van der Waals surface area contributed by atoms with Crippen LogP contribution in [0, 0.1) is 13.8 Å². The number of hydrogen-bond donors (Lipinski definition) is 0. The number of halogens is 1. The van der Waals surface area contributed by atoms with Gasteiger partial charge in [-0.1, -0.05) is 29.8 Å². The van der Waals surface area contributed by atoms with Crippen molar-refractivity contribution in [3.63, 3.8) is 0 Å². The molecule has 0 aliphatic carbocycles. The molecule has 106 valence electrons. The van der Waals surface area contributed by atoms with Crippen molar-refractivity contribution in [2.24, 2.45) is 0 Å². The summed E-state index contributed by atoms with van der Waals surface area (Å²) in [6.45, 7) is 4.15. The van der Waals surface area contributed by atoms with Gasteiger partial charge in [-0.05, 0) is 43.2 Å². The lowest BCUT2D eigenvalue weighted by Crippen LogP contribution is -1.98. The van der Waals surface area contributed by atoms with Crippen molar-refractivity contribution in [2.75, 3.05) is 0 Å². The molecule has 2 rings (SSSR count). The van der Waals surface area contributed by atoms with Crippen molar-refractivity contribution >= 4 is 19.7 Å². The zero-order valence-corrected chi connectivity index (χ0v) is 12.8. The van der Waals surface area contributed by atoms with Gasteiger partial charge in [-0.3, -0.25) is 0 Å². The summed E-state index contributed by atoms with van der Waals surface area (Å²) in [5, 5.41) is 0. The Morgan fingerprint density at radius 1 is 1.10 bits per heavy atom. The first-order valence-corrected chi connectivity index (χ1v) is 8.41. The van der Waals surface area contributed by atoms with Crippen LogP contribution in [0.1, 0.15) is 16.7 Å². The molecule has 0 heterocycles. The normalized spacial score (nSPS) is 11.3. The minimum absolute atomic E-state index is 0.113. The van der Waals surface area contributed by atoms with Crippen molar-refractivity contribution in [3.05, 3.63) is 59.2 Å². The third-order valence-corrected chi connectivity index (χ3v) is 4.38. The van der Waals surface area contributed by atoms with Gasteiger partial charge in [0.05, 0.1) is 4.90 Å². The maximum Gasteiger partial charge on any atom is 0.261 e. The second-order valence-electron chi connectivity index (χ2n) is 4.64. The van der Waals surface area contributed by atoms with Crippen LogP contribution in [-0.4, -0.2) is 8.42 Å². The Labute approximate surface area is 123 Å². The molecule has 0 spiro atoms. The Hall–Kier alpha value is -1.52. The van der Waals surface area contributed by atoms with Crippen LogP contribution in [0.15, 0.2) is 47.4 Å². The highest BCUT2D eigenvalue weighted by Gasteiger charge is 2.13. The van der Waals surface area contributed by atoms with Gasteiger partial charge in [0.1, 0.15) is 12.4 Å². The SMILES string of the molecule is Cc1cccc(COc2ccc(S(=O)(=O)Cl)c(C)c2)c1. The molecule has 0 saturated heterocycles. The van der Waals surface area contributed by atoms with Gasteiger partial charge >= 0.3 is 0 Å².